The Morgan fingerprint density at radius 3 is 2.00 bits per heavy atom. The van der Waals surface area contributed by atoms with Crippen LogP contribution in [-0.4, -0.2) is 10.9 Å². The van der Waals surface area contributed by atoms with E-state index in [2.05, 4.69) is 30.1 Å². The fraction of sp³-hybridized carbons (Fsp3) is 0.538. The normalized spacial score (nSPS) is 6.88. The molecule has 0 N–H and O–H groups in total. The van der Waals surface area contributed by atoms with Gasteiger partial charge in [-0.3, -0.25) is 4.79 Å². The van der Waals surface area contributed by atoms with Crippen LogP contribution in [0.4, 0.5) is 0 Å². The second-order valence-corrected chi connectivity index (χ2v) is 2.55. The molecule has 0 aliphatic heterocycles. The third-order valence-electron chi connectivity index (χ3n) is 0.785. The number of nitrogens with zero attached hydrogens (tertiary/aromatic N) is 1. The molecule has 1 rings (SSSR count). The molecule has 0 saturated carbocycles. The molecule has 0 bridgehead atoms. The zero-order valence-corrected chi connectivity index (χ0v) is 11.4. The lowest BCUT2D eigenvalue weighted by Crippen LogP contribution is -1.85. The highest BCUT2D eigenvalue weighted by atomic mass is 16.5. The summed E-state index contributed by atoms with van der Waals surface area (Å²) >= 11 is 0. The first-order valence-corrected chi connectivity index (χ1v) is 5.62. The van der Waals surface area contributed by atoms with Crippen LogP contribution in [0.25, 0.3) is 0 Å². The third kappa shape index (κ3) is 18.4. The van der Waals surface area contributed by atoms with Gasteiger partial charge in [0.05, 0.1) is 6.20 Å². The molecule has 0 amide bonds. The minimum Gasteiger partial charge on any atom is -0.353 e. The first kappa shape index (κ1) is 20.1. The van der Waals surface area contributed by atoms with E-state index in [0.29, 0.717) is 5.76 Å². The molecular formula is C13H25NO2. The van der Waals surface area contributed by atoms with Gasteiger partial charge in [0.2, 0.25) is 5.76 Å². The van der Waals surface area contributed by atoms with Crippen molar-refractivity contribution in [1.82, 2.24) is 5.16 Å². The molecule has 94 valence electrons. The number of hydrogen-bond donors (Lipinski definition) is 0. The largest absolute Gasteiger partial charge is 0.353 e. The molecule has 1 aromatic rings. The van der Waals surface area contributed by atoms with Crippen molar-refractivity contribution in [3.8, 4) is 0 Å². The topological polar surface area (TPSA) is 43.1 Å². The monoisotopic (exact) mass is 227 g/mol. The number of Topliss-reactive ketones (excluding diaryl/α,β-unsaturated/α-hetero) is 1. The van der Waals surface area contributed by atoms with Gasteiger partial charge in [-0.15, -0.1) is 6.58 Å². The Labute approximate surface area is 99.5 Å². The summed E-state index contributed by atoms with van der Waals surface area (Å²) < 4.78 is 4.50. The fourth-order valence-electron chi connectivity index (χ4n) is 0.397. The lowest BCUT2D eigenvalue weighted by Gasteiger charge is -1.77. The summed E-state index contributed by atoms with van der Waals surface area (Å²) in [5, 5.41) is 3.35. The molecule has 0 unspecified atom stereocenters. The Hall–Kier alpha value is -1.38. The van der Waals surface area contributed by atoms with E-state index >= 15 is 0 Å². The summed E-state index contributed by atoms with van der Waals surface area (Å²) in [6.45, 7) is 14.9. The molecule has 0 spiro atoms. The van der Waals surface area contributed by atoms with Gasteiger partial charge in [0.25, 0.3) is 0 Å². The second-order valence-electron chi connectivity index (χ2n) is 2.55. The molecule has 3 heteroatoms. The molecule has 0 atom stereocenters. The highest BCUT2D eigenvalue weighted by molar-refractivity contribution is 5.90. The SMILES string of the molecule is C=CC.CC.CC(=O)c1ccno1.CCC. The minimum atomic E-state index is -0.0949. The van der Waals surface area contributed by atoms with E-state index in [-0.39, 0.29) is 5.78 Å². The van der Waals surface area contributed by atoms with Crippen molar-refractivity contribution in [2.24, 2.45) is 0 Å². The van der Waals surface area contributed by atoms with Gasteiger partial charge in [-0.25, -0.2) is 0 Å². The third-order valence-corrected chi connectivity index (χ3v) is 0.785. The minimum absolute atomic E-state index is 0.0949. The standard InChI is InChI=1S/C5H5NO2.C3H8.C3H6.C2H6/c1-4(7)5-2-3-6-8-5;2*1-3-2;1-2/h2-3H,1H3;3H2,1-2H3;3H,1H2,2H3;1-2H3. The Balaban J connectivity index is -0.000000179. The molecule has 0 aliphatic carbocycles. The summed E-state index contributed by atoms with van der Waals surface area (Å²) in [7, 11) is 0. The summed E-state index contributed by atoms with van der Waals surface area (Å²) in [5.41, 5.74) is 0. The van der Waals surface area contributed by atoms with Crippen molar-refractivity contribution in [3.05, 3.63) is 30.7 Å². The predicted octanol–water partition coefficient (Wildman–Crippen LogP) is 4.51. The molecule has 3 nitrogen and oxygen atoms in total. The van der Waals surface area contributed by atoms with Gasteiger partial charge in [-0.05, 0) is 6.92 Å². The maximum atomic E-state index is 10.4. The molecule has 0 aliphatic rings. The Bertz CT molecular complexity index is 228. The number of hydrogen-bond acceptors (Lipinski definition) is 3. The van der Waals surface area contributed by atoms with E-state index in [1.54, 1.807) is 6.08 Å². The van der Waals surface area contributed by atoms with Crippen LogP contribution < -0.4 is 0 Å². The summed E-state index contributed by atoms with van der Waals surface area (Å²) in [6.07, 6.45) is 4.44. The second kappa shape index (κ2) is 19.2. The Morgan fingerprint density at radius 1 is 1.50 bits per heavy atom. The highest BCUT2D eigenvalue weighted by Gasteiger charge is 1.99. The van der Waals surface area contributed by atoms with E-state index in [4.69, 9.17) is 0 Å². The first-order chi connectivity index (χ1) is 7.63. The van der Waals surface area contributed by atoms with Gasteiger partial charge in [0, 0.05) is 13.0 Å². The molecule has 1 aromatic heterocycles. The number of ketones is 1. The molecule has 0 fully saturated rings. The molecule has 1 heterocycles. The fourth-order valence-corrected chi connectivity index (χ4v) is 0.397. The van der Waals surface area contributed by atoms with E-state index in [1.807, 2.05) is 20.8 Å². The molecule has 0 saturated heterocycles. The lowest BCUT2D eigenvalue weighted by atomic mass is 10.3. The molecule has 0 radical (unpaired) electrons. The quantitative estimate of drug-likeness (QED) is 0.523. The van der Waals surface area contributed by atoms with Gasteiger partial charge < -0.3 is 4.52 Å². The highest BCUT2D eigenvalue weighted by Crippen LogP contribution is 1.95. The van der Waals surface area contributed by atoms with Crippen molar-refractivity contribution >= 4 is 5.78 Å². The van der Waals surface area contributed by atoms with Crippen LogP contribution >= 0.6 is 0 Å². The smallest absolute Gasteiger partial charge is 0.202 e. The van der Waals surface area contributed by atoms with Crippen LogP contribution in [0, 0.1) is 0 Å². The van der Waals surface area contributed by atoms with E-state index < -0.39 is 0 Å². The molecule has 0 aromatic carbocycles. The van der Waals surface area contributed by atoms with Crippen molar-refractivity contribution in [3.63, 3.8) is 0 Å². The predicted molar refractivity (Wildman–Crippen MR) is 69.7 cm³/mol. The number of carbonyl (C=O) groups excluding carboxylic acids is 1. The number of allylic oxidation sites excluding steroid dienone is 1. The summed E-state index contributed by atoms with van der Waals surface area (Å²) in [5.74, 6) is 0.215. The van der Waals surface area contributed by atoms with Crippen molar-refractivity contribution in [1.29, 1.82) is 0 Å². The van der Waals surface area contributed by atoms with Crippen LogP contribution in [0.5, 0.6) is 0 Å². The van der Waals surface area contributed by atoms with Gasteiger partial charge in [0.15, 0.2) is 5.78 Å². The number of rotatable bonds is 1. The van der Waals surface area contributed by atoms with E-state index in [0.717, 1.165) is 0 Å². The van der Waals surface area contributed by atoms with Gasteiger partial charge in [-0.1, -0.05) is 45.3 Å². The van der Waals surface area contributed by atoms with Gasteiger partial charge >= 0.3 is 0 Å². The molecular weight excluding hydrogens is 202 g/mol. The van der Waals surface area contributed by atoms with Gasteiger partial charge in [0.1, 0.15) is 0 Å². The van der Waals surface area contributed by atoms with Crippen LogP contribution in [0.1, 0.15) is 58.5 Å². The van der Waals surface area contributed by atoms with Crippen LogP contribution in [0.3, 0.4) is 0 Å². The maximum absolute atomic E-state index is 10.4. The van der Waals surface area contributed by atoms with Crippen molar-refractivity contribution in [2.45, 2.75) is 48.0 Å². The average molecular weight is 227 g/mol. The van der Waals surface area contributed by atoms with Crippen molar-refractivity contribution < 1.29 is 9.32 Å². The average Bonchev–Trinajstić information content (AvgIpc) is 2.76. The summed E-state index contributed by atoms with van der Waals surface area (Å²) in [6, 6.07) is 1.53. The number of aromatic nitrogens is 1. The summed E-state index contributed by atoms with van der Waals surface area (Å²) in [4.78, 5) is 10.4. The maximum Gasteiger partial charge on any atom is 0.202 e. The Kier molecular flexibility index (Phi) is 24.1. The van der Waals surface area contributed by atoms with Gasteiger partial charge in [-0.2, -0.15) is 0 Å². The zero-order chi connectivity index (χ0) is 13.4. The van der Waals surface area contributed by atoms with Crippen molar-refractivity contribution in [2.75, 3.05) is 0 Å². The van der Waals surface area contributed by atoms with E-state index in [1.165, 1.54) is 25.6 Å². The molecule has 16 heavy (non-hydrogen) atoms. The zero-order valence-electron chi connectivity index (χ0n) is 11.4. The Morgan fingerprint density at radius 2 is 1.88 bits per heavy atom. The van der Waals surface area contributed by atoms with Crippen LogP contribution in [0.2, 0.25) is 0 Å². The number of carbonyl (C=O) groups is 1. The van der Waals surface area contributed by atoms with Crippen LogP contribution in [0.15, 0.2) is 29.4 Å². The van der Waals surface area contributed by atoms with Crippen LogP contribution in [-0.2, 0) is 0 Å². The first-order valence-electron chi connectivity index (χ1n) is 5.62. The van der Waals surface area contributed by atoms with E-state index in [9.17, 15) is 4.79 Å². The lowest BCUT2D eigenvalue weighted by molar-refractivity contribution is 0.0978.